The molecule has 0 spiro atoms. The van der Waals surface area contributed by atoms with Crippen molar-refractivity contribution in [2.45, 2.75) is 25.9 Å². The Balaban J connectivity index is 1.33. The molecule has 1 aromatic heterocycles. The Bertz CT molecular complexity index is 1200. The van der Waals surface area contributed by atoms with E-state index in [9.17, 15) is 4.79 Å². The number of halogens is 1. The average Bonchev–Trinajstić information content (AvgIpc) is 3.22. The summed E-state index contributed by atoms with van der Waals surface area (Å²) in [6, 6.07) is 7.89. The summed E-state index contributed by atoms with van der Waals surface area (Å²) >= 11 is 6.15. The van der Waals surface area contributed by atoms with Gasteiger partial charge in [0.25, 0.3) is 0 Å². The van der Waals surface area contributed by atoms with Gasteiger partial charge in [-0.2, -0.15) is 0 Å². The lowest BCUT2D eigenvalue weighted by Gasteiger charge is -2.39. The lowest BCUT2D eigenvalue weighted by atomic mass is 10.2. The second kappa shape index (κ2) is 11.5. The van der Waals surface area contributed by atoms with Gasteiger partial charge in [-0.15, -0.1) is 5.10 Å². The predicted octanol–water partition coefficient (Wildman–Crippen LogP) is 1.99. The van der Waals surface area contributed by atoms with E-state index in [4.69, 9.17) is 21.4 Å². The molecule has 1 aromatic carbocycles. The topological polar surface area (TPSA) is 65.9 Å². The minimum absolute atomic E-state index is 0.0344. The second-order valence-electron chi connectivity index (χ2n) is 9.45. The van der Waals surface area contributed by atoms with Gasteiger partial charge in [-0.25, -0.2) is 9.48 Å². The molecule has 5 rings (SSSR count). The summed E-state index contributed by atoms with van der Waals surface area (Å²) in [4.78, 5) is 18.8. The Labute approximate surface area is 217 Å². The molecule has 2 fully saturated rings. The molecule has 1 atom stereocenters. The molecule has 0 radical (unpaired) electrons. The SMILES string of the molecule is CCNC(=O)N1CCN(CC2CN(c3nn(-c4ccc(Cl)cc4)c4/c3=C\C=C\CC\C=4)CCO2)CC1. The molecule has 0 bridgehead atoms. The van der Waals surface area contributed by atoms with E-state index < -0.39 is 0 Å². The monoisotopic (exact) mass is 510 g/mol. The van der Waals surface area contributed by atoms with E-state index in [-0.39, 0.29) is 12.1 Å². The van der Waals surface area contributed by atoms with Crippen LogP contribution in [0.25, 0.3) is 17.8 Å². The van der Waals surface area contributed by atoms with Crippen LogP contribution in [0.4, 0.5) is 10.6 Å². The average molecular weight is 511 g/mol. The fourth-order valence-electron chi connectivity index (χ4n) is 5.08. The van der Waals surface area contributed by atoms with Gasteiger partial charge in [0.15, 0.2) is 5.82 Å². The Hall–Kier alpha value is -2.81. The highest BCUT2D eigenvalue weighted by atomic mass is 35.5. The normalized spacial score (nSPS) is 23.4. The number of amides is 2. The van der Waals surface area contributed by atoms with E-state index in [2.05, 4.69) is 39.4 Å². The first-order chi connectivity index (χ1) is 17.6. The molecule has 8 nitrogen and oxygen atoms in total. The summed E-state index contributed by atoms with van der Waals surface area (Å²) in [5.41, 5.74) is 1.01. The zero-order chi connectivity index (χ0) is 24.9. The summed E-state index contributed by atoms with van der Waals surface area (Å²) in [6.07, 6.45) is 10.9. The fraction of sp³-hybridized carbons (Fsp3) is 0.481. The summed E-state index contributed by atoms with van der Waals surface area (Å²) in [5, 5.41) is 11.0. The molecule has 192 valence electrons. The van der Waals surface area contributed by atoms with Crippen LogP contribution in [0.3, 0.4) is 0 Å². The zero-order valence-electron chi connectivity index (χ0n) is 20.9. The molecule has 36 heavy (non-hydrogen) atoms. The van der Waals surface area contributed by atoms with Crippen molar-refractivity contribution >= 4 is 35.6 Å². The molecular weight excluding hydrogens is 476 g/mol. The number of urea groups is 1. The van der Waals surface area contributed by atoms with Crippen molar-refractivity contribution in [1.82, 2.24) is 24.9 Å². The number of fused-ring (bicyclic) bond motifs is 1. The maximum atomic E-state index is 12.1. The highest BCUT2D eigenvalue weighted by molar-refractivity contribution is 6.30. The Morgan fingerprint density at radius 3 is 2.72 bits per heavy atom. The summed E-state index contributed by atoms with van der Waals surface area (Å²) in [7, 11) is 0. The van der Waals surface area contributed by atoms with Gasteiger partial charge in [0.1, 0.15) is 0 Å². The molecule has 3 aliphatic rings. The van der Waals surface area contributed by atoms with E-state index >= 15 is 0 Å². The van der Waals surface area contributed by atoms with Crippen LogP contribution in [0, 0.1) is 0 Å². The summed E-state index contributed by atoms with van der Waals surface area (Å²) in [5.74, 6) is 0.997. The summed E-state index contributed by atoms with van der Waals surface area (Å²) in [6.45, 7) is 8.97. The van der Waals surface area contributed by atoms with Crippen molar-refractivity contribution in [3.05, 3.63) is 52.0 Å². The maximum Gasteiger partial charge on any atom is 0.317 e. The van der Waals surface area contributed by atoms with Gasteiger partial charge in [0.05, 0.1) is 23.7 Å². The number of benzene rings is 1. The summed E-state index contributed by atoms with van der Waals surface area (Å²) < 4.78 is 8.22. The van der Waals surface area contributed by atoms with Crippen LogP contribution in [0.15, 0.2) is 36.4 Å². The predicted molar refractivity (Wildman–Crippen MR) is 144 cm³/mol. The molecule has 1 aliphatic carbocycles. The number of ether oxygens (including phenoxy) is 1. The van der Waals surface area contributed by atoms with Crippen molar-refractivity contribution in [2.24, 2.45) is 0 Å². The van der Waals surface area contributed by atoms with Crippen LogP contribution in [-0.4, -0.2) is 90.7 Å². The third-order valence-corrected chi connectivity index (χ3v) is 7.22. The van der Waals surface area contributed by atoms with Gasteiger partial charge >= 0.3 is 6.03 Å². The first-order valence-corrected chi connectivity index (χ1v) is 13.3. The molecule has 1 N–H and O–H groups in total. The molecule has 2 saturated heterocycles. The van der Waals surface area contributed by atoms with Crippen LogP contribution >= 0.6 is 11.6 Å². The number of carbonyl (C=O) groups is 1. The molecule has 3 heterocycles. The highest BCUT2D eigenvalue weighted by Crippen LogP contribution is 2.16. The van der Waals surface area contributed by atoms with Crippen LogP contribution in [0.5, 0.6) is 0 Å². The van der Waals surface area contributed by atoms with E-state index in [1.165, 1.54) is 0 Å². The number of nitrogens with one attached hydrogen (secondary N) is 1. The Kier molecular flexibility index (Phi) is 7.94. The quantitative estimate of drug-likeness (QED) is 0.666. The molecule has 2 amide bonds. The molecular formula is C27H35ClN6O2. The largest absolute Gasteiger partial charge is 0.373 e. The Morgan fingerprint density at radius 2 is 1.94 bits per heavy atom. The van der Waals surface area contributed by atoms with E-state index in [0.717, 1.165) is 85.8 Å². The van der Waals surface area contributed by atoms with Gasteiger partial charge < -0.3 is 19.9 Å². The number of carbonyl (C=O) groups excluding carboxylic acids is 1. The zero-order valence-corrected chi connectivity index (χ0v) is 21.7. The molecule has 9 heteroatoms. The first-order valence-electron chi connectivity index (χ1n) is 13.0. The number of aromatic nitrogens is 2. The van der Waals surface area contributed by atoms with Crippen molar-refractivity contribution in [1.29, 1.82) is 0 Å². The van der Waals surface area contributed by atoms with Gasteiger partial charge in [-0.05, 0) is 50.1 Å². The number of hydrogen-bond donors (Lipinski definition) is 1. The van der Waals surface area contributed by atoms with Crippen molar-refractivity contribution in [3.8, 4) is 5.69 Å². The van der Waals surface area contributed by atoms with Crippen molar-refractivity contribution in [3.63, 3.8) is 0 Å². The molecule has 2 aromatic rings. The number of piperazine rings is 1. The lowest BCUT2D eigenvalue weighted by Crippen LogP contribution is -2.55. The van der Waals surface area contributed by atoms with Gasteiger partial charge in [-0.1, -0.05) is 29.8 Å². The lowest BCUT2D eigenvalue weighted by molar-refractivity contribution is 0.00751. The third kappa shape index (κ3) is 5.61. The molecule has 2 aliphatic heterocycles. The minimum atomic E-state index is 0.0344. The van der Waals surface area contributed by atoms with Crippen LogP contribution in [0.1, 0.15) is 19.8 Å². The van der Waals surface area contributed by atoms with E-state index in [1.807, 2.05) is 40.8 Å². The van der Waals surface area contributed by atoms with Crippen molar-refractivity contribution < 1.29 is 9.53 Å². The highest BCUT2D eigenvalue weighted by Gasteiger charge is 2.28. The smallest absolute Gasteiger partial charge is 0.317 e. The van der Waals surface area contributed by atoms with Gasteiger partial charge in [0.2, 0.25) is 0 Å². The number of morpholine rings is 1. The van der Waals surface area contributed by atoms with Gasteiger partial charge in [-0.3, -0.25) is 4.90 Å². The molecule has 1 unspecified atom stereocenters. The number of rotatable bonds is 5. The fourth-order valence-corrected chi connectivity index (χ4v) is 5.21. The standard InChI is InChI=1S/C27H35ClN6O2/c1-2-29-27(35)32-15-13-31(14-16-32)19-23-20-33(17-18-36-23)26-24-7-5-3-4-6-8-25(24)34(30-26)22-11-9-21(28)10-12-22/h3,5,7-12,23H,2,4,6,13-20H2,1H3,(H,29,35)/b5-3+,24-7+,25-8+. The Morgan fingerprint density at radius 1 is 1.14 bits per heavy atom. The van der Waals surface area contributed by atoms with Crippen molar-refractivity contribution in [2.75, 3.05) is 63.9 Å². The van der Waals surface area contributed by atoms with Crippen LogP contribution in [0.2, 0.25) is 5.02 Å². The maximum absolute atomic E-state index is 12.1. The number of anilines is 1. The van der Waals surface area contributed by atoms with E-state index in [1.54, 1.807) is 0 Å². The minimum Gasteiger partial charge on any atom is -0.373 e. The third-order valence-electron chi connectivity index (χ3n) is 6.97. The van der Waals surface area contributed by atoms with Crippen LogP contribution < -0.4 is 20.8 Å². The van der Waals surface area contributed by atoms with Crippen LogP contribution in [-0.2, 0) is 4.74 Å². The molecule has 0 saturated carbocycles. The number of nitrogens with zero attached hydrogens (tertiary/aromatic N) is 5. The second-order valence-corrected chi connectivity index (χ2v) is 9.89. The number of allylic oxidation sites excluding steroid dienone is 2. The van der Waals surface area contributed by atoms with E-state index in [0.29, 0.717) is 13.2 Å². The van der Waals surface area contributed by atoms with Gasteiger partial charge in [0, 0.05) is 62.6 Å². The first kappa shape index (κ1) is 24.9. The number of hydrogen-bond acceptors (Lipinski definition) is 5.